The largest absolute Gasteiger partial charge is 0.462 e. The van der Waals surface area contributed by atoms with E-state index >= 15 is 0 Å². The minimum absolute atomic E-state index is 0.0445. The molecule has 0 saturated heterocycles. The second-order valence-electron chi connectivity index (χ2n) is 5.60. The highest BCUT2D eigenvalue weighted by Gasteiger charge is 2.47. The molecule has 0 spiro atoms. The minimum Gasteiger partial charge on any atom is -0.462 e. The van der Waals surface area contributed by atoms with Gasteiger partial charge in [-0.05, 0) is 38.5 Å². The number of fused-ring (bicyclic) bond motifs is 1. The van der Waals surface area contributed by atoms with Gasteiger partial charge in [-0.1, -0.05) is 12.8 Å². The quantitative estimate of drug-likeness (QED) is 0.698. The molecule has 2 aliphatic rings. The molecule has 3 heteroatoms. The van der Waals surface area contributed by atoms with Crippen molar-refractivity contribution in [2.45, 2.75) is 64.1 Å². The van der Waals surface area contributed by atoms with E-state index in [2.05, 4.69) is 0 Å². The van der Waals surface area contributed by atoms with Crippen molar-refractivity contribution >= 4 is 5.97 Å². The third kappa shape index (κ3) is 2.24. The number of ether oxygens (including phenoxy) is 1. The Morgan fingerprint density at radius 3 is 2.69 bits per heavy atom. The van der Waals surface area contributed by atoms with Crippen LogP contribution in [0.15, 0.2) is 0 Å². The monoisotopic (exact) mass is 226 g/mol. The summed E-state index contributed by atoms with van der Waals surface area (Å²) in [6, 6.07) is 0. The van der Waals surface area contributed by atoms with E-state index in [1.54, 1.807) is 0 Å². The van der Waals surface area contributed by atoms with Crippen LogP contribution in [0.2, 0.25) is 0 Å². The molecule has 0 heterocycles. The zero-order valence-corrected chi connectivity index (χ0v) is 10.2. The van der Waals surface area contributed by atoms with Gasteiger partial charge in [0.15, 0.2) is 0 Å². The molecule has 0 aliphatic heterocycles. The Labute approximate surface area is 97.2 Å². The fourth-order valence-corrected chi connectivity index (χ4v) is 3.57. The third-order valence-corrected chi connectivity index (χ3v) is 4.35. The van der Waals surface area contributed by atoms with Gasteiger partial charge < -0.3 is 9.84 Å². The second kappa shape index (κ2) is 4.36. The van der Waals surface area contributed by atoms with Crippen LogP contribution < -0.4 is 0 Å². The number of aliphatic hydroxyl groups is 1. The molecule has 0 aromatic carbocycles. The molecule has 0 radical (unpaired) electrons. The zero-order chi connectivity index (χ0) is 11.8. The van der Waals surface area contributed by atoms with Gasteiger partial charge in [-0.3, -0.25) is 4.79 Å². The van der Waals surface area contributed by atoms with Crippen LogP contribution in [0.5, 0.6) is 0 Å². The number of rotatable bonds is 1. The van der Waals surface area contributed by atoms with E-state index in [-0.39, 0.29) is 12.1 Å². The van der Waals surface area contributed by atoms with Gasteiger partial charge in [-0.25, -0.2) is 0 Å². The predicted octanol–water partition coefficient (Wildman–Crippen LogP) is 2.27. The summed E-state index contributed by atoms with van der Waals surface area (Å²) in [5.74, 6) is 0.511. The van der Waals surface area contributed by atoms with Crippen molar-refractivity contribution in [3.05, 3.63) is 0 Å². The van der Waals surface area contributed by atoms with E-state index in [0.717, 1.165) is 25.7 Å². The summed E-state index contributed by atoms with van der Waals surface area (Å²) in [5.41, 5.74) is -0.554. The second-order valence-corrected chi connectivity index (χ2v) is 5.60. The lowest BCUT2D eigenvalue weighted by Crippen LogP contribution is -2.50. The summed E-state index contributed by atoms with van der Waals surface area (Å²) in [4.78, 5) is 11.1. The van der Waals surface area contributed by atoms with Gasteiger partial charge in [-0.15, -0.1) is 0 Å². The van der Waals surface area contributed by atoms with Crippen molar-refractivity contribution in [1.82, 2.24) is 0 Å². The van der Waals surface area contributed by atoms with Crippen LogP contribution in [0.3, 0.4) is 0 Å². The number of carbonyl (C=O) groups excluding carboxylic acids is 1. The Morgan fingerprint density at radius 2 is 2.00 bits per heavy atom. The number of carbonyl (C=O) groups is 1. The topological polar surface area (TPSA) is 46.5 Å². The summed E-state index contributed by atoms with van der Waals surface area (Å²) in [6.45, 7) is 3.42. The van der Waals surface area contributed by atoms with Crippen LogP contribution in [0.4, 0.5) is 0 Å². The lowest BCUT2D eigenvalue weighted by atomic mass is 9.62. The molecule has 2 rings (SSSR count). The Morgan fingerprint density at radius 1 is 1.31 bits per heavy atom. The summed E-state index contributed by atoms with van der Waals surface area (Å²) < 4.78 is 5.40. The summed E-state index contributed by atoms with van der Waals surface area (Å²) >= 11 is 0. The molecule has 2 saturated carbocycles. The Balaban J connectivity index is 2.11. The highest BCUT2D eigenvalue weighted by Crippen LogP contribution is 2.46. The first-order valence-corrected chi connectivity index (χ1v) is 6.40. The zero-order valence-electron chi connectivity index (χ0n) is 10.2. The first-order valence-electron chi connectivity index (χ1n) is 6.40. The normalized spacial score (nSPS) is 43.6. The highest BCUT2D eigenvalue weighted by molar-refractivity contribution is 5.66. The molecule has 0 aromatic rings. The van der Waals surface area contributed by atoms with Crippen molar-refractivity contribution in [3.8, 4) is 0 Å². The minimum atomic E-state index is -0.554. The van der Waals surface area contributed by atoms with Crippen molar-refractivity contribution in [2.75, 3.05) is 0 Å². The van der Waals surface area contributed by atoms with Crippen molar-refractivity contribution in [3.63, 3.8) is 0 Å². The van der Waals surface area contributed by atoms with E-state index in [9.17, 15) is 9.90 Å². The van der Waals surface area contributed by atoms with Gasteiger partial charge in [0.05, 0.1) is 5.60 Å². The van der Waals surface area contributed by atoms with Crippen LogP contribution in [0.1, 0.15) is 52.4 Å². The van der Waals surface area contributed by atoms with Crippen LogP contribution in [-0.2, 0) is 9.53 Å². The summed E-state index contributed by atoms with van der Waals surface area (Å²) in [5, 5.41) is 10.4. The van der Waals surface area contributed by atoms with Gasteiger partial charge >= 0.3 is 5.97 Å². The fourth-order valence-electron chi connectivity index (χ4n) is 3.57. The average Bonchev–Trinajstić information content (AvgIpc) is 2.23. The molecule has 0 unspecified atom stereocenters. The molecule has 3 nitrogen and oxygen atoms in total. The molecular weight excluding hydrogens is 204 g/mol. The first kappa shape index (κ1) is 11.9. The molecule has 1 N–H and O–H groups in total. The molecule has 2 aliphatic carbocycles. The molecule has 2 fully saturated rings. The van der Waals surface area contributed by atoms with Gasteiger partial charge in [0.25, 0.3) is 0 Å². The van der Waals surface area contributed by atoms with Crippen LogP contribution in [0.25, 0.3) is 0 Å². The van der Waals surface area contributed by atoms with E-state index in [1.165, 1.54) is 19.8 Å². The molecule has 92 valence electrons. The predicted molar refractivity (Wildman–Crippen MR) is 60.9 cm³/mol. The van der Waals surface area contributed by atoms with Crippen LogP contribution in [0, 0.1) is 11.8 Å². The first-order chi connectivity index (χ1) is 7.50. The number of esters is 1. The Bertz CT molecular complexity index is 272. The standard InChI is InChI=1S/C13H22O3/c1-9(14)16-12-7-8-13(2,15)11-6-4-3-5-10(11)12/h10-12,15H,3-8H2,1-2H3/t10-,11-,12+,13-/m1/s1. The molecule has 4 atom stereocenters. The molecule has 0 amide bonds. The number of hydrogen-bond acceptors (Lipinski definition) is 3. The van der Waals surface area contributed by atoms with E-state index in [4.69, 9.17) is 4.74 Å². The molecule has 0 aromatic heterocycles. The van der Waals surface area contributed by atoms with Gasteiger partial charge in [0, 0.05) is 12.8 Å². The smallest absolute Gasteiger partial charge is 0.302 e. The van der Waals surface area contributed by atoms with Gasteiger partial charge in [0.2, 0.25) is 0 Å². The fraction of sp³-hybridized carbons (Fsp3) is 0.923. The van der Waals surface area contributed by atoms with Crippen molar-refractivity contribution in [2.24, 2.45) is 11.8 Å². The maximum atomic E-state index is 11.1. The summed E-state index contributed by atoms with van der Waals surface area (Å²) in [6.07, 6.45) is 6.19. The van der Waals surface area contributed by atoms with Crippen LogP contribution in [-0.4, -0.2) is 22.8 Å². The van der Waals surface area contributed by atoms with Crippen molar-refractivity contribution < 1.29 is 14.6 Å². The SMILES string of the molecule is CC(=O)O[C@H]1CC[C@@](C)(O)[C@@H]2CCCC[C@@H]12. The van der Waals surface area contributed by atoms with E-state index in [0.29, 0.717) is 11.8 Å². The van der Waals surface area contributed by atoms with E-state index in [1.807, 2.05) is 6.92 Å². The molecule has 0 bridgehead atoms. The maximum absolute atomic E-state index is 11.1. The third-order valence-electron chi connectivity index (χ3n) is 4.35. The molecular formula is C13H22O3. The average molecular weight is 226 g/mol. The Hall–Kier alpha value is -0.570. The van der Waals surface area contributed by atoms with E-state index < -0.39 is 5.60 Å². The lowest BCUT2D eigenvalue weighted by Gasteiger charge is -2.48. The number of hydrogen-bond donors (Lipinski definition) is 1. The van der Waals surface area contributed by atoms with Crippen molar-refractivity contribution in [1.29, 1.82) is 0 Å². The van der Waals surface area contributed by atoms with Gasteiger partial charge in [0.1, 0.15) is 6.10 Å². The highest BCUT2D eigenvalue weighted by atomic mass is 16.5. The maximum Gasteiger partial charge on any atom is 0.302 e. The molecule has 16 heavy (non-hydrogen) atoms. The van der Waals surface area contributed by atoms with Gasteiger partial charge in [-0.2, -0.15) is 0 Å². The lowest BCUT2D eigenvalue weighted by molar-refractivity contribution is -0.167. The summed E-state index contributed by atoms with van der Waals surface area (Å²) in [7, 11) is 0. The van der Waals surface area contributed by atoms with Crippen LogP contribution >= 0.6 is 0 Å². The Kier molecular flexibility index (Phi) is 3.24.